The smallest absolute Gasteiger partial charge is 0.408 e. The van der Waals surface area contributed by atoms with Gasteiger partial charge in [0.25, 0.3) is 5.79 Å². The number of Topliss-reactive ketones (excluding diaryl/α,β-unsaturated/α-hetero) is 1. The molecule has 1 heterocycles. The molecule has 146 valence electrons. The number of alkyl carbamates (subject to hydrolysis) is 1. The van der Waals surface area contributed by atoms with E-state index in [2.05, 4.69) is 5.32 Å². The van der Waals surface area contributed by atoms with E-state index >= 15 is 0 Å². The molecule has 1 unspecified atom stereocenters. The first kappa shape index (κ1) is 21.8. The van der Waals surface area contributed by atoms with Crippen LogP contribution in [0.3, 0.4) is 0 Å². The maximum absolute atomic E-state index is 12.8. The van der Waals surface area contributed by atoms with Crippen molar-refractivity contribution >= 4 is 11.9 Å². The molecule has 1 aliphatic heterocycles. The molecule has 0 aromatic rings. The lowest BCUT2D eigenvalue weighted by atomic mass is 9.83. The Balaban J connectivity index is 3.08. The Morgan fingerprint density at radius 3 is 2.16 bits per heavy atom. The predicted octanol–water partition coefficient (Wildman–Crippen LogP) is -0.704. The van der Waals surface area contributed by atoms with Gasteiger partial charge in [0.05, 0.1) is 12.6 Å². The molecule has 9 heteroatoms. The molecule has 25 heavy (non-hydrogen) atoms. The van der Waals surface area contributed by atoms with Gasteiger partial charge in [-0.3, -0.25) is 4.79 Å². The first-order chi connectivity index (χ1) is 11.2. The highest BCUT2D eigenvalue weighted by Crippen LogP contribution is 2.40. The molecule has 0 spiro atoms. The van der Waals surface area contributed by atoms with Crippen LogP contribution in [0.15, 0.2) is 0 Å². The second-order valence-corrected chi connectivity index (χ2v) is 7.81. The number of ether oxygens (including phenoxy) is 2. The molecule has 1 amide bonds. The summed E-state index contributed by atoms with van der Waals surface area (Å²) < 4.78 is 10.2. The predicted molar refractivity (Wildman–Crippen MR) is 86.5 cm³/mol. The third-order valence-corrected chi connectivity index (χ3v) is 4.07. The first-order valence-corrected chi connectivity index (χ1v) is 8.12. The van der Waals surface area contributed by atoms with Gasteiger partial charge in [0.15, 0.2) is 5.60 Å². The number of rotatable bonds is 5. The zero-order valence-corrected chi connectivity index (χ0v) is 15.4. The number of aliphatic hydroxyl groups excluding tert-OH is 2. The van der Waals surface area contributed by atoms with Gasteiger partial charge in [-0.05, 0) is 33.6 Å². The first-order valence-electron chi connectivity index (χ1n) is 8.12. The van der Waals surface area contributed by atoms with E-state index in [0.29, 0.717) is 0 Å². The van der Waals surface area contributed by atoms with Gasteiger partial charge < -0.3 is 35.2 Å². The summed E-state index contributed by atoms with van der Waals surface area (Å²) in [4.78, 5) is 24.8. The standard InChI is InChI=1S/C16H29NO8/c1-8(2)10(17-13(21)25-14(3,4)5)12(20)16(23)15(6,22)11(19)9(7-18)24-16/h8-11,18-19,22-23H,7H2,1-6H3,(H,17,21)/t9-,10+,11-,15-,16?/m1/s1. The number of hydrogen-bond acceptors (Lipinski definition) is 8. The van der Waals surface area contributed by atoms with Crippen LogP contribution < -0.4 is 5.32 Å². The van der Waals surface area contributed by atoms with Gasteiger partial charge in [0, 0.05) is 0 Å². The van der Waals surface area contributed by atoms with Crippen molar-refractivity contribution in [3.63, 3.8) is 0 Å². The molecule has 1 saturated heterocycles. The molecule has 0 saturated carbocycles. The average Bonchev–Trinajstić information content (AvgIpc) is 2.63. The minimum absolute atomic E-state index is 0.478. The molecule has 1 fully saturated rings. The van der Waals surface area contributed by atoms with Crippen LogP contribution in [0.1, 0.15) is 41.5 Å². The van der Waals surface area contributed by atoms with E-state index in [4.69, 9.17) is 9.47 Å². The molecule has 1 rings (SSSR count). The molecule has 0 aromatic carbocycles. The Kier molecular flexibility index (Phi) is 6.24. The highest BCUT2D eigenvalue weighted by Gasteiger charge is 2.67. The number of carbonyl (C=O) groups is 2. The lowest BCUT2D eigenvalue weighted by Crippen LogP contribution is -2.64. The fourth-order valence-corrected chi connectivity index (χ4v) is 2.59. The summed E-state index contributed by atoms with van der Waals surface area (Å²) in [7, 11) is 0. The molecule has 0 radical (unpaired) electrons. The van der Waals surface area contributed by atoms with Gasteiger partial charge in [-0.2, -0.15) is 0 Å². The Morgan fingerprint density at radius 1 is 1.28 bits per heavy atom. The fraction of sp³-hybridized carbons (Fsp3) is 0.875. The minimum Gasteiger partial charge on any atom is -0.444 e. The molecule has 0 aliphatic carbocycles. The number of hydrogen-bond donors (Lipinski definition) is 5. The normalized spacial score (nSPS) is 34.0. The van der Waals surface area contributed by atoms with E-state index < -0.39 is 59.6 Å². The van der Waals surface area contributed by atoms with Gasteiger partial charge in [-0.15, -0.1) is 0 Å². The number of aliphatic hydroxyl groups is 4. The molecular formula is C16H29NO8. The fourth-order valence-electron chi connectivity index (χ4n) is 2.59. The van der Waals surface area contributed by atoms with Crippen molar-refractivity contribution in [3.05, 3.63) is 0 Å². The van der Waals surface area contributed by atoms with E-state index in [1.54, 1.807) is 34.6 Å². The summed E-state index contributed by atoms with van der Waals surface area (Å²) in [5, 5.41) is 42.6. The largest absolute Gasteiger partial charge is 0.444 e. The van der Waals surface area contributed by atoms with Gasteiger partial charge in [-0.25, -0.2) is 4.79 Å². The third kappa shape index (κ3) is 4.29. The van der Waals surface area contributed by atoms with Crippen molar-refractivity contribution < 1.29 is 39.5 Å². The summed E-state index contributed by atoms with van der Waals surface area (Å²) in [6.07, 6.45) is -3.92. The van der Waals surface area contributed by atoms with Crippen LogP contribution in [0.5, 0.6) is 0 Å². The van der Waals surface area contributed by atoms with Crippen molar-refractivity contribution in [1.82, 2.24) is 5.32 Å². The number of carbonyl (C=O) groups excluding carboxylic acids is 2. The van der Waals surface area contributed by atoms with Gasteiger partial charge in [-0.1, -0.05) is 13.8 Å². The van der Waals surface area contributed by atoms with E-state index in [1.807, 2.05) is 0 Å². The van der Waals surface area contributed by atoms with Crippen molar-refractivity contribution in [2.45, 2.75) is 76.8 Å². The van der Waals surface area contributed by atoms with Crippen LogP contribution in [0.25, 0.3) is 0 Å². The summed E-state index contributed by atoms with van der Waals surface area (Å²) in [5.41, 5.74) is -3.17. The van der Waals surface area contributed by atoms with Gasteiger partial charge in [0.2, 0.25) is 5.78 Å². The second-order valence-electron chi connectivity index (χ2n) is 7.81. The SMILES string of the molecule is CC(C)[C@H](NC(=O)OC(C)(C)C)C(=O)C1(O)O[C@H](CO)[C@@H](O)[C@@]1(C)O. The number of nitrogens with one attached hydrogen (secondary N) is 1. The van der Waals surface area contributed by atoms with E-state index in [1.165, 1.54) is 0 Å². The molecule has 9 nitrogen and oxygen atoms in total. The highest BCUT2D eigenvalue weighted by molar-refractivity contribution is 5.94. The molecule has 5 atom stereocenters. The molecule has 1 aliphatic rings. The third-order valence-electron chi connectivity index (χ3n) is 4.07. The van der Waals surface area contributed by atoms with Crippen molar-refractivity contribution in [3.8, 4) is 0 Å². The summed E-state index contributed by atoms with van der Waals surface area (Å²) in [5.74, 6) is -4.33. The number of ketones is 1. The van der Waals surface area contributed by atoms with Crippen LogP contribution in [0, 0.1) is 5.92 Å². The van der Waals surface area contributed by atoms with Crippen LogP contribution in [0.4, 0.5) is 4.79 Å². The maximum atomic E-state index is 12.8. The second kappa shape index (κ2) is 7.16. The van der Waals surface area contributed by atoms with Crippen molar-refractivity contribution in [1.29, 1.82) is 0 Å². The Morgan fingerprint density at radius 2 is 1.80 bits per heavy atom. The Bertz CT molecular complexity index is 513. The zero-order valence-electron chi connectivity index (χ0n) is 15.4. The van der Waals surface area contributed by atoms with Crippen LogP contribution in [-0.4, -0.2) is 74.1 Å². The molecular weight excluding hydrogens is 334 g/mol. The summed E-state index contributed by atoms with van der Waals surface area (Å²) in [6, 6.07) is -1.25. The van der Waals surface area contributed by atoms with E-state index in [9.17, 15) is 30.0 Å². The van der Waals surface area contributed by atoms with Gasteiger partial charge in [0.1, 0.15) is 17.8 Å². The topological polar surface area (TPSA) is 146 Å². The minimum atomic E-state index is -2.80. The van der Waals surface area contributed by atoms with Crippen molar-refractivity contribution in [2.24, 2.45) is 5.92 Å². The Labute approximate surface area is 146 Å². The molecule has 0 bridgehead atoms. The lowest BCUT2D eigenvalue weighted by Gasteiger charge is -2.36. The number of amides is 1. The maximum Gasteiger partial charge on any atom is 0.408 e. The monoisotopic (exact) mass is 363 g/mol. The van der Waals surface area contributed by atoms with Crippen molar-refractivity contribution in [2.75, 3.05) is 6.61 Å². The molecule has 5 N–H and O–H groups in total. The lowest BCUT2D eigenvalue weighted by molar-refractivity contribution is -0.250. The Hall–Kier alpha value is -1.26. The zero-order chi connectivity index (χ0) is 19.8. The van der Waals surface area contributed by atoms with Crippen LogP contribution in [-0.2, 0) is 14.3 Å². The molecule has 0 aromatic heterocycles. The summed E-state index contributed by atoms with van der Waals surface area (Å²) >= 11 is 0. The highest BCUT2D eigenvalue weighted by atomic mass is 16.7. The van der Waals surface area contributed by atoms with Crippen LogP contribution >= 0.6 is 0 Å². The summed E-state index contributed by atoms with van der Waals surface area (Å²) in [6.45, 7) is 8.51. The van der Waals surface area contributed by atoms with Gasteiger partial charge >= 0.3 is 6.09 Å². The van der Waals surface area contributed by atoms with E-state index in [0.717, 1.165) is 6.92 Å². The quantitative estimate of drug-likeness (QED) is 0.431. The average molecular weight is 363 g/mol. The van der Waals surface area contributed by atoms with E-state index in [-0.39, 0.29) is 0 Å². The van der Waals surface area contributed by atoms with Crippen LogP contribution in [0.2, 0.25) is 0 Å².